The molecule has 0 spiro atoms. The first-order valence-corrected chi connectivity index (χ1v) is 10.4. The molecule has 2 amide bonds. The van der Waals surface area contributed by atoms with E-state index in [1.807, 2.05) is 38.1 Å². The first-order valence-electron chi connectivity index (χ1n) is 9.60. The van der Waals surface area contributed by atoms with Gasteiger partial charge in [-0.25, -0.2) is 5.43 Å². The summed E-state index contributed by atoms with van der Waals surface area (Å²) in [5.41, 5.74) is 6.63. The van der Waals surface area contributed by atoms with Gasteiger partial charge in [0.05, 0.1) is 6.21 Å². The number of halogens is 1. The zero-order valence-corrected chi connectivity index (χ0v) is 18.8. The van der Waals surface area contributed by atoms with Crippen molar-refractivity contribution in [1.29, 1.82) is 0 Å². The van der Waals surface area contributed by atoms with Crippen molar-refractivity contribution >= 4 is 39.6 Å². The molecule has 6 nitrogen and oxygen atoms in total. The molecule has 0 bridgehead atoms. The lowest BCUT2D eigenvalue weighted by atomic mass is 10.1. The fraction of sp³-hybridized carbons (Fsp3) is 0.125. The van der Waals surface area contributed by atoms with Gasteiger partial charge in [-0.1, -0.05) is 40.2 Å². The SMILES string of the molecule is Cc1cccc(NC(=O)COc2cccc(/C=N/NC(=O)c3ccc(Br)cc3)c2)c1C. The van der Waals surface area contributed by atoms with Gasteiger partial charge in [-0.2, -0.15) is 5.10 Å². The van der Waals surface area contributed by atoms with Crippen molar-refractivity contribution in [3.63, 3.8) is 0 Å². The molecule has 0 aliphatic heterocycles. The van der Waals surface area contributed by atoms with Crippen LogP contribution in [0.1, 0.15) is 27.0 Å². The van der Waals surface area contributed by atoms with Crippen molar-refractivity contribution in [3.05, 3.63) is 93.5 Å². The third kappa shape index (κ3) is 6.52. The fourth-order valence-electron chi connectivity index (χ4n) is 2.74. The standard InChI is InChI=1S/C24H22BrN3O3/c1-16-5-3-8-22(17(16)2)27-23(29)15-31-21-7-4-6-18(13-21)14-26-28-24(30)19-9-11-20(25)12-10-19/h3-14H,15H2,1-2H3,(H,27,29)(H,28,30)/b26-14+. The van der Waals surface area contributed by atoms with Crippen LogP contribution in [0.4, 0.5) is 5.69 Å². The monoisotopic (exact) mass is 479 g/mol. The Morgan fingerprint density at radius 2 is 1.77 bits per heavy atom. The van der Waals surface area contributed by atoms with Gasteiger partial charge in [-0.05, 0) is 73.0 Å². The molecule has 0 aliphatic carbocycles. The van der Waals surface area contributed by atoms with Crippen LogP contribution in [-0.2, 0) is 4.79 Å². The van der Waals surface area contributed by atoms with E-state index in [0.29, 0.717) is 11.3 Å². The lowest BCUT2D eigenvalue weighted by molar-refractivity contribution is -0.118. The molecule has 7 heteroatoms. The van der Waals surface area contributed by atoms with Gasteiger partial charge in [0.25, 0.3) is 11.8 Å². The first-order chi connectivity index (χ1) is 14.9. The van der Waals surface area contributed by atoms with Gasteiger partial charge in [0, 0.05) is 15.7 Å². The zero-order chi connectivity index (χ0) is 22.2. The Morgan fingerprint density at radius 1 is 1.03 bits per heavy atom. The van der Waals surface area contributed by atoms with E-state index in [1.165, 1.54) is 6.21 Å². The van der Waals surface area contributed by atoms with E-state index in [-0.39, 0.29) is 18.4 Å². The highest BCUT2D eigenvalue weighted by Gasteiger charge is 2.07. The molecule has 31 heavy (non-hydrogen) atoms. The van der Waals surface area contributed by atoms with E-state index in [9.17, 15) is 9.59 Å². The molecule has 0 saturated heterocycles. The highest BCUT2D eigenvalue weighted by atomic mass is 79.9. The summed E-state index contributed by atoms with van der Waals surface area (Å²) in [5.74, 6) is -0.0203. The normalized spacial score (nSPS) is 10.7. The molecule has 0 saturated carbocycles. The topological polar surface area (TPSA) is 79.8 Å². The highest BCUT2D eigenvalue weighted by Crippen LogP contribution is 2.18. The summed E-state index contributed by atoms with van der Waals surface area (Å²) in [4.78, 5) is 24.3. The van der Waals surface area contributed by atoms with E-state index in [4.69, 9.17) is 4.74 Å². The average Bonchev–Trinajstić information content (AvgIpc) is 2.76. The van der Waals surface area contributed by atoms with Gasteiger partial charge >= 0.3 is 0 Å². The fourth-order valence-corrected chi connectivity index (χ4v) is 3.00. The summed E-state index contributed by atoms with van der Waals surface area (Å²) in [6.45, 7) is 3.84. The molecule has 0 atom stereocenters. The van der Waals surface area contributed by atoms with Crippen LogP contribution in [0.2, 0.25) is 0 Å². The second kappa shape index (κ2) is 10.5. The second-order valence-corrected chi connectivity index (χ2v) is 7.78. The quantitative estimate of drug-likeness (QED) is 0.375. The van der Waals surface area contributed by atoms with Crippen molar-refractivity contribution in [1.82, 2.24) is 5.43 Å². The molecule has 0 aromatic heterocycles. The maximum absolute atomic E-state index is 12.2. The second-order valence-electron chi connectivity index (χ2n) is 6.86. The lowest BCUT2D eigenvalue weighted by Gasteiger charge is -2.11. The van der Waals surface area contributed by atoms with Gasteiger partial charge in [0.1, 0.15) is 5.75 Å². The number of aryl methyl sites for hydroxylation is 1. The number of benzene rings is 3. The maximum Gasteiger partial charge on any atom is 0.271 e. The van der Waals surface area contributed by atoms with Gasteiger partial charge < -0.3 is 10.1 Å². The van der Waals surface area contributed by atoms with Crippen LogP contribution in [0.3, 0.4) is 0 Å². The molecule has 3 aromatic rings. The van der Waals surface area contributed by atoms with E-state index in [1.54, 1.807) is 42.5 Å². The number of carbonyl (C=O) groups excluding carboxylic acids is 2. The molecule has 0 unspecified atom stereocenters. The molecular weight excluding hydrogens is 458 g/mol. The van der Waals surface area contributed by atoms with Gasteiger partial charge in [0.15, 0.2) is 6.61 Å². The van der Waals surface area contributed by atoms with Crippen molar-refractivity contribution in [3.8, 4) is 5.75 Å². The summed E-state index contributed by atoms with van der Waals surface area (Å²) < 4.78 is 6.49. The van der Waals surface area contributed by atoms with E-state index >= 15 is 0 Å². The number of ether oxygens (including phenoxy) is 1. The number of amides is 2. The molecule has 3 rings (SSSR count). The Bertz CT molecular complexity index is 1110. The predicted molar refractivity (Wildman–Crippen MR) is 126 cm³/mol. The molecule has 3 aromatic carbocycles. The van der Waals surface area contributed by atoms with Crippen LogP contribution < -0.4 is 15.5 Å². The molecule has 0 heterocycles. The summed E-state index contributed by atoms with van der Waals surface area (Å²) in [6.07, 6.45) is 1.51. The van der Waals surface area contributed by atoms with Crippen LogP contribution in [0.25, 0.3) is 0 Å². The van der Waals surface area contributed by atoms with Crippen LogP contribution >= 0.6 is 15.9 Å². The lowest BCUT2D eigenvalue weighted by Crippen LogP contribution is -2.20. The number of rotatable bonds is 7. The Labute approximate surface area is 189 Å². The average molecular weight is 480 g/mol. The zero-order valence-electron chi connectivity index (χ0n) is 17.2. The minimum Gasteiger partial charge on any atom is -0.484 e. The number of hydrogen-bond acceptors (Lipinski definition) is 4. The number of anilines is 1. The Balaban J connectivity index is 1.53. The molecule has 0 radical (unpaired) electrons. The number of hydrogen-bond donors (Lipinski definition) is 2. The Hall–Kier alpha value is -3.45. The van der Waals surface area contributed by atoms with Crippen molar-refractivity contribution < 1.29 is 14.3 Å². The van der Waals surface area contributed by atoms with Gasteiger partial charge in [-0.3, -0.25) is 9.59 Å². The van der Waals surface area contributed by atoms with Gasteiger partial charge in [0.2, 0.25) is 0 Å². The van der Waals surface area contributed by atoms with Crippen LogP contribution in [0, 0.1) is 13.8 Å². The summed E-state index contributed by atoms with van der Waals surface area (Å²) in [6, 6.07) is 19.8. The van der Waals surface area contributed by atoms with Crippen LogP contribution in [-0.4, -0.2) is 24.6 Å². The Kier molecular flexibility index (Phi) is 7.56. The third-order valence-corrected chi connectivity index (χ3v) is 5.12. The van der Waals surface area contributed by atoms with Crippen molar-refractivity contribution in [2.45, 2.75) is 13.8 Å². The smallest absolute Gasteiger partial charge is 0.271 e. The summed E-state index contributed by atoms with van der Waals surface area (Å²) >= 11 is 3.33. The maximum atomic E-state index is 12.2. The molecule has 2 N–H and O–H groups in total. The van der Waals surface area contributed by atoms with Crippen molar-refractivity contribution in [2.75, 3.05) is 11.9 Å². The predicted octanol–water partition coefficient (Wildman–Crippen LogP) is 4.85. The number of nitrogens with zero attached hydrogens (tertiary/aromatic N) is 1. The summed E-state index contributed by atoms with van der Waals surface area (Å²) in [5, 5.41) is 6.84. The molecular formula is C24H22BrN3O3. The number of carbonyl (C=O) groups is 2. The minimum absolute atomic E-state index is 0.117. The van der Waals surface area contributed by atoms with E-state index in [2.05, 4.69) is 31.8 Å². The van der Waals surface area contributed by atoms with Crippen molar-refractivity contribution in [2.24, 2.45) is 5.10 Å². The van der Waals surface area contributed by atoms with Gasteiger partial charge in [-0.15, -0.1) is 0 Å². The molecule has 158 valence electrons. The highest BCUT2D eigenvalue weighted by molar-refractivity contribution is 9.10. The van der Waals surface area contributed by atoms with Crippen LogP contribution in [0.15, 0.2) is 76.3 Å². The van der Waals surface area contributed by atoms with Crippen LogP contribution in [0.5, 0.6) is 5.75 Å². The summed E-state index contributed by atoms with van der Waals surface area (Å²) in [7, 11) is 0. The molecule has 0 aliphatic rings. The molecule has 0 fully saturated rings. The number of hydrazone groups is 1. The Morgan fingerprint density at radius 3 is 2.55 bits per heavy atom. The largest absolute Gasteiger partial charge is 0.484 e. The van der Waals surface area contributed by atoms with E-state index in [0.717, 1.165) is 26.9 Å². The first kappa shape index (κ1) is 22.2. The minimum atomic E-state index is -0.306. The third-order valence-electron chi connectivity index (χ3n) is 4.59. The number of nitrogens with one attached hydrogen (secondary N) is 2. The van der Waals surface area contributed by atoms with E-state index < -0.39 is 0 Å².